The summed E-state index contributed by atoms with van der Waals surface area (Å²) in [4.78, 5) is 14.3. The van der Waals surface area contributed by atoms with Gasteiger partial charge in [0.05, 0.1) is 0 Å². The number of alkyl halides is 1. The highest BCUT2D eigenvalue weighted by Crippen LogP contribution is 2.38. The first-order valence-electron chi connectivity index (χ1n) is 5.95. The Kier molecular flexibility index (Phi) is 3.57. The molecular weight excluding hydrogens is 278 g/mol. The lowest BCUT2D eigenvalue weighted by Crippen LogP contribution is -2.31. The zero-order valence-electron chi connectivity index (χ0n) is 10.3. The van der Waals surface area contributed by atoms with E-state index in [2.05, 4.69) is 28.1 Å². The monoisotopic (exact) mass is 295 g/mol. The van der Waals surface area contributed by atoms with Crippen LogP contribution in [0.25, 0.3) is 0 Å². The first-order valence-corrected chi connectivity index (χ1v) is 7.07. The van der Waals surface area contributed by atoms with Gasteiger partial charge in [-0.2, -0.15) is 0 Å². The summed E-state index contributed by atoms with van der Waals surface area (Å²) in [7, 11) is 0. The number of benzene rings is 1. The van der Waals surface area contributed by atoms with Gasteiger partial charge in [0.25, 0.3) is 0 Å². The molecular formula is C14H18BrNO. The van der Waals surface area contributed by atoms with E-state index in [4.69, 9.17) is 0 Å². The summed E-state index contributed by atoms with van der Waals surface area (Å²) < 4.78 is 0. The molecule has 1 aromatic carbocycles. The number of hydrogen-bond donors (Lipinski definition) is 0. The molecule has 17 heavy (non-hydrogen) atoms. The lowest BCUT2D eigenvalue weighted by atomic mass is 9.83. The van der Waals surface area contributed by atoms with Gasteiger partial charge in [-0.05, 0) is 5.56 Å². The molecule has 0 unspecified atom stereocenters. The second kappa shape index (κ2) is 4.81. The third kappa shape index (κ3) is 2.39. The molecule has 0 saturated carbocycles. The highest BCUT2D eigenvalue weighted by atomic mass is 79.9. The maximum Gasteiger partial charge on any atom is 0.228 e. The Hall–Kier alpha value is -0.830. The van der Waals surface area contributed by atoms with E-state index in [1.54, 1.807) is 0 Å². The van der Waals surface area contributed by atoms with E-state index in [0.717, 1.165) is 18.4 Å². The fraction of sp³-hybridized carbons (Fsp3) is 0.500. The van der Waals surface area contributed by atoms with Gasteiger partial charge in [-0.1, -0.05) is 60.1 Å². The molecule has 1 saturated heterocycles. The van der Waals surface area contributed by atoms with Gasteiger partial charge in [0, 0.05) is 29.8 Å². The van der Waals surface area contributed by atoms with Gasteiger partial charge in [0.2, 0.25) is 5.91 Å². The van der Waals surface area contributed by atoms with Crippen LogP contribution in [0, 0.1) is 11.3 Å². The molecule has 1 amide bonds. The van der Waals surface area contributed by atoms with Gasteiger partial charge < -0.3 is 4.90 Å². The van der Waals surface area contributed by atoms with Crippen molar-refractivity contribution in [1.82, 2.24) is 4.90 Å². The van der Waals surface area contributed by atoms with E-state index in [9.17, 15) is 4.79 Å². The number of nitrogens with zero attached hydrogens (tertiary/aromatic N) is 1. The van der Waals surface area contributed by atoms with Crippen LogP contribution in [0.15, 0.2) is 30.3 Å². The highest BCUT2D eigenvalue weighted by Gasteiger charge is 2.46. The fourth-order valence-electron chi connectivity index (χ4n) is 2.34. The Balaban J connectivity index is 2.12. The number of halogens is 1. The number of likely N-dealkylation sites (tertiary alicyclic amines) is 1. The molecule has 0 aromatic heterocycles. The van der Waals surface area contributed by atoms with Gasteiger partial charge >= 0.3 is 0 Å². The van der Waals surface area contributed by atoms with Crippen molar-refractivity contribution in [3.63, 3.8) is 0 Å². The molecule has 0 aliphatic carbocycles. The molecule has 0 bridgehead atoms. The molecule has 1 aromatic rings. The SMILES string of the molecule is CC1(C)C(=O)N(Cc2ccccc2)C[C@H]1CBr. The molecule has 0 spiro atoms. The maximum absolute atomic E-state index is 12.3. The largest absolute Gasteiger partial charge is 0.338 e. The third-order valence-electron chi connectivity index (χ3n) is 3.70. The van der Waals surface area contributed by atoms with Crippen LogP contribution >= 0.6 is 15.9 Å². The van der Waals surface area contributed by atoms with E-state index in [0.29, 0.717) is 5.92 Å². The van der Waals surface area contributed by atoms with Crippen LogP contribution in [0.5, 0.6) is 0 Å². The van der Waals surface area contributed by atoms with Crippen LogP contribution in [-0.2, 0) is 11.3 Å². The van der Waals surface area contributed by atoms with E-state index >= 15 is 0 Å². The summed E-state index contributed by atoms with van der Waals surface area (Å²) >= 11 is 3.51. The van der Waals surface area contributed by atoms with Gasteiger partial charge in [0.1, 0.15) is 0 Å². The maximum atomic E-state index is 12.3. The van der Waals surface area contributed by atoms with Crippen LogP contribution in [-0.4, -0.2) is 22.7 Å². The number of carbonyl (C=O) groups is 1. The Morgan fingerprint density at radius 1 is 1.35 bits per heavy atom. The predicted molar refractivity (Wildman–Crippen MR) is 72.9 cm³/mol. The number of amides is 1. The van der Waals surface area contributed by atoms with Crippen molar-refractivity contribution in [1.29, 1.82) is 0 Å². The average molecular weight is 296 g/mol. The zero-order chi connectivity index (χ0) is 12.5. The Bertz CT molecular complexity index is 402. The summed E-state index contributed by atoms with van der Waals surface area (Å²) in [6.45, 7) is 5.68. The van der Waals surface area contributed by atoms with Gasteiger partial charge in [-0.15, -0.1) is 0 Å². The first-order chi connectivity index (χ1) is 8.05. The van der Waals surface area contributed by atoms with E-state index in [1.165, 1.54) is 5.56 Å². The fourth-order valence-corrected chi connectivity index (χ4v) is 3.36. The molecule has 0 N–H and O–H groups in total. The smallest absolute Gasteiger partial charge is 0.228 e. The minimum absolute atomic E-state index is 0.238. The average Bonchev–Trinajstić information content (AvgIpc) is 2.54. The summed E-state index contributed by atoms with van der Waals surface area (Å²) in [5.41, 5.74) is 0.963. The molecule has 1 fully saturated rings. The topological polar surface area (TPSA) is 20.3 Å². The van der Waals surface area contributed by atoms with E-state index in [1.807, 2.05) is 36.9 Å². The van der Waals surface area contributed by atoms with E-state index < -0.39 is 0 Å². The summed E-state index contributed by atoms with van der Waals surface area (Å²) in [5.74, 6) is 0.671. The number of carbonyl (C=O) groups excluding carboxylic acids is 1. The summed E-state index contributed by atoms with van der Waals surface area (Å²) in [5, 5.41) is 0.886. The molecule has 92 valence electrons. The van der Waals surface area contributed by atoms with Gasteiger partial charge in [-0.25, -0.2) is 0 Å². The number of rotatable bonds is 3. The lowest BCUT2D eigenvalue weighted by Gasteiger charge is -2.21. The first kappa shape index (κ1) is 12.6. The molecule has 2 rings (SSSR count). The zero-order valence-corrected chi connectivity index (χ0v) is 11.9. The van der Waals surface area contributed by atoms with Crippen molar-refractivity contribution >= 4 is 21.8 Å². The second-order valence-corrected chi connectivity index (χ2v) is 5.89. The molecule has 1 heterocycles. The van der Waals surface area contributed by atoms with Crippen LogP contribution in [0.1, 0.15) is 19.4 Å². The standard InChI is InChI=1S/C14H18BrNO/c1-14(2)12(8-15)10-16(13(14)17)9-11-6-4-3-5-7-11/h3-7,12H,8-10H2,1-2H3/t12-/m1/s1. The molecule has 1 aliphatic heterocycles. The van der Waals surface area contributed by atoms with Crippen molar-refractivity contribution in [2.45, 2.75) is 20.4 Å². The van der Waals surface area contributed by atoms with Crippen molar-refractivity contribution in [3.8, 4) is 0 Å². The van der Waals surface area contributed by atoms with Crippen molar-refractivity contribution in [3.05, 3.63) is 35.9 Å². The minimum atomic E-state index is -0.238. The molecule has 3 heteroatoms. The van der Waals surface area contributed by atoms with Crippen LogP contribution in [0.4, 0.5) is 0 Å². The predicted octanol–water partition coefficient (Wildman–Crippen LogP) is 3.07. The molecule has 1 atom stereocenters. The van der Waals surface area contributed by atoms with Crippen LogP contribution in [0.3, 0.4) is 0 Å². The number of hydrogen-bond acceptors (Lipinski definition) is 1. The van der Waals surface area contributed by atoms with Crippen LogP contribution < -0.4 is 0 Å². The quantitative estimate of drug-likeness (QED) is 0.785. The van der Waals surface area contributed by atoms with Crippen molar-refractivity contribution in [2.24, 2.45) is 11.3 Å². The Morgan fingerprint density at radius 3 is 2.53 bits per heavy atom. The third-order valence-corrected chi connectivity index (χ3v) is 4.48. The molecule has 2 nitrogen and oxygen atoms in total. The van der Waals surface area contributed by atoms with Crippen LogP contribution in [0.2, 0.25) is 0 Å². The van der Waals surface area contributed by atoms with Gasteiger partial charge in [-0.3, -0.25) is 4.79 Å². The summed E-state index contributed by atoms with van der Waals surface area (Å²) in [6, 6.07) is 10.2. The second-order valence-electron chi connectivity index (χ2n) is 5.24. The Labute approximate surface area is 111 Å². The van der Waals surface area contributed by atoms with Crippen molar-refractivity contribution in [2.75, 3.05) is 11.9 Å². The highest BCUT2D eigenvalue weighted by molar-refractivity contribution is 9.09. The van der Waals surface area contributed by atoms with E-state index in [-0.39, 0.29) is 11.3 Å². The normalized spacial score (nSPS) is 23.1. The summed E-state index contributed by atoms with van der Waals surface area (Å²) in [6.07, 6.45) is 0. The van der Waals surface area contributed by atoms with Gasteiger partial charge in [0.15, 0.2) is 0 Å². The Morgan fingerprint density at radius 2 is 2.00 bits per heavy atom. The lowest BCUT2D eigenvalue weighted by molar-refractivity contribution is -0.135. The molecule has 1 aliphatic rings. The minimum Gasteiger partial charge on any atom is -0.338 e. The van der Waals surface area contributed by atoms with Crippen molar-refractivity contribution < 1.29 is 4.79 Å². The molecule has 0 radical (unpaired) electrons.